The number of methoxy groups -OCH3 is 1. The number of halogens is 2. The summed E-state index contributed by atoms with van der Waals surface area (Å²) in [7, 11) is 3.17. The van der Waals surface area contributed by atoms with Crippen molar-refractivity contribution in [2.24, 2.45) is 11.3 Å². The molecule has 1 fully saturated rings. The smallest absolute Gasteiger partial charge is 0.134 e. The van der Waals surface area contributed by atoms with Crippen molar-refractivity contribution >= 4 is 0 Å². The Morgan fingerprint density at radius 3 is 2.30 bits per heavy atom. The third-order valence-corrected chi connectivity index (χ3v) is 4.65. The van der Waals surface area contributed by atoms with Crippen molar-refractivity contribution in [3.8, 4) is 5.75 Å². The SMILES string of the molecule is CNC(c1c(F)cc(OC)cc1F)C1CCCC1(C)C. The third-order valence-electron chi connectivity index (χ3n) is 4.65. The van der Waals surface area contributed by atoms with Gasteiger partial charge in [0.2, 0.25) is 0 Å². The van der Waals surface area contributed by atoms with Gasteiger partial charge in [0.25, 0.3) is 0 Å². The highest BCUT2D eigenvalue weighted by Gasteiger charge is 2.41. The molecule has 4 heteroatoms. The first kappa shape index (κ1) is 15.2. The summed E-state index contributed by atoms with van der Waals surface area (Å²) in [6.45, 7) is 4.35. The Morgan fingerprint density at radius 1 is 1.30 bits per heavy atom. The highest BCUT2D eigenvalue weighted by atomic mass is 19.1. The lowest BCUT2D eigenvalue weighted by Crippen LogP contribution is -2.33. The van der Waals surface area contributed by atoms with Gasteiger partial charge in [-0.25, -0.2) is 8.78 Å². The minimum Gasteiger partial charge on any atom is -0.497 e. The number of hydrogen-bond acceptors (Lipinski definition) is 2. The van der Waals surface area contributed by atoms with E-state index in [-0.39, 0.29) is 28.7 Å². The molecule has 0 bridgehead atoms. The summed E-state index contributed by atoms with van der Waals surface area (Å²) in [5.74, 6) is -0.637. The van der Waals surface area contributed by atoms with Gasteiger partial charge in [-0.05, 0) is 31.2 Å². The second kappa shape index (κ2) is 5.68. The van der Waals surface area contributed by atoms with Crippen LogP contribution in [-0.2, 0) is 0 Å². The molecule has 0 aliphatic heterocycles. The van der Waals surface area contributed by atoms with Gasteiger partial charge in [0.05, 0.1) is 7.11 Å². The van der Waals surface area contributed by atoms with Gasteiger partial charge >= 0.3 is 0 Å². The van der Waals surface area contributed by atoms with Crippen LogP contribution >= 0.6 is 0 Å². The summed E-state index contributed by atoms with van der Waals surface area (Å²) in [6, 6.07) is 2.20. The molecule has 1 aliphatic carbocycles. The summed E-state index contributed by atoms with van der Waals surface area (Å²) >= 11 is 0. The molecule has 0 spiro atoms. The summed E-state index contributed by atoms with van der Waals surface area (Å²) in [4.78, 5) is 0. The monoisotopic (exact) mass is 283 g/mol. The molecule has 2 unspecified atom stereocenters. The first-order valence-electron chi connectivity index (χ1n) is 7.11. The van der Waals surface area contributed by atoms with Crippen molar-refractivity contribution in [1.82, 2.24) is 5.32 Å². The number of nitrogens with one attached hydrogen (secondary N) is 1. The molecule has 0 radical (unpaired) electrons. The molecule has 0 saturated heterocycles. The molecule has 0 aromatic heterocycles. The lowest BCUT2D eigenvalue weighted by atomic mass is 9.75. The second-order valence-electron chi connectivity index (χ2n) is 6.26. The van der Waals surface area contributed by atoms with Gasteiger partial charge in [-0.2, -0.15) is 0 Å². The summed E-state index contributed by atoms with van der Waals surface area (Å²) in [6.07, 6.45) is 3.19. The standard InChI is InChI=1S/C16H23F2NO/c1-16(2)7-5-6-11(16)15(19-3)14-12(17)8-10(20-4)9-13(14)18/h8-9,11,15,19H,5-7H2,1-4H3. The normalized spacial score (nSPS) is 22.8. The van der Waals surface area contributed by atoms with Crippen LogP contribution in [0.2, 0.25) is 0 Å². The Morgan fingerprint density at radius 2 is 1.90 bits per heavy atom. The number of hydrogen-bond donors (Lipinski definition) is 1. The Bertz CT molecular complexity index is 464. The van der Waals surface area contributed by atoms with E-state index in [1.165, 1.54) is 19.2 Å². The maximum absolute atomic E-state index is 14.3. The second-order valence-corrected chi connectivity index (χ2v) is 6.26. The van der Waals surface area contributed by atoms with E-state index in [0.717, 1.165) is 19.3 Å². The van der Waals surface area contributed by atoms with Crippen LogP contribution in [0.4, 0.5) is 8.78 Å². The van der Waals surface area contributed by atoms with Crippen LogP contribution in [0.25, 0.3) is 0 Å². The Hall–Kier alpha value is -1.16. The fourth-order valence-electron chi connectivity index (χ4n) is 3.49. The van der Waals surface area contributed by atoms with E-state index in [9.17, 15) is 8.78 Å². The predicted octanol–water partition coefficient (Wildman–Crippen LogP) is 4.06. The zero-order valence-electron chi connectivity index (χ0n) is 12.6. The largest absolute Gasteiger partial charge is 0.497 e. The summed E-state index contributed by atoms with van der Waals surface area (Å²) < 4.78 is 33.5. The average Bonchev–Trinajstić information content (AvgIpc) is 2.73. The van der Waals surface area contributed by atoms with Crippen molar-refractivity contribution in [2.75, 3.05) is 14.2 Å². The fourth-order valence-corrected chi connectivity index (χ4v) is 3.49. The van der Waals surface area contributed by atoms with Gasteiger partial charge in [0, 0.05) is 23.7 Å². The van der Waals surface area contributed by atoms with E-state index < -0.39 is 11.6 Å². The maximum Gasteiger partial charge on any atom is 0.134 e. The molecule has 0 heterocycles. The molecule has 1 aromatic carbocycles. The summed E-state index contributed by atoms with van der Waals surface area (Å²) in [5.41, 5.74) is 0.222. The Kier molecular flexibility index (Phi) is 4.33. The number of benzene rings is 1. The summed E-state index contributed by atoms with van der Waals surface area (Å²) in [5, 5.41) is 3.11. The molecule has 2 nitrogen and oxygen atoms in total. The van der Waals surface area contributed by atoms with Gasteiger partial charge in [-0.15, -0.1) is 0 Å². The quantitative estimate of drug-likeness (QED) is 0.899. The first-order chi connectivity index (χ1) is 9.40. The molecular weight excluding hydrogens is 260 g/mol. The predicted molar refractivity (Wildman–Crippen MR) is 75.8 cm³/mol. The third kappa shape index (κ3) is 2.66. The average molecular weight is 283 g/mol. The molecule has 20 heavy (non-hydrogen) atoms. The molecule has 2 rings (SSSR count). The van der Waals surface area contributed by atoms with Gasteiger partial charge < -0.3 is 10.1 Å². The van der Waals surface area contributed by atoms with E-state index in [4.69, 9.17) is 4.74 Å². The molecule has 1 saturated carbocycles. The Balaban J connectivity index is 2.42. The van der Waals surface area contributed by atoms with Crippen molar-refractivity contribution in [2.45, 2.75) is 39.2 Å². The van der Waals surface area contributed by atoms with Crippen LogP contribution in [0.5, 0.6) is 5.75 Å². The maximum atomic E-state index is 14.3. The fraction of sp³-hybridized carbons (Fsp3) is 0.625. The zero-order chi connectivity index (χ0) is 14.9. The topological polar surface area (TPSA) is 21.3 Å². The van der Waals surface area contributed by atoms with E-state index in [1.807, 2.05) is 0 Å². The van der Waals surface area contributed by atoms with Gasteiger partial charge in [-0.1, -0.05) is 20.3 Å². The van der Waals surface area contributed by atoms with Crippen molar-refractivity contribution in [1.29, 1.82) is 0 Å². The van der Waals surface area contributed by atoms with Crippen LogP contribution in [0.1, 0.15) is 44.7 Å². The molecule has 1 aliphatic rings. The molecule has 112 valence electrons. The molecular formula is C16H23F2NO. The zero-order valence-corrected chi connectivity index (χ0v) is 12.6. The first-order valence-corrected chi connectivity index (χ1v) is 7.11. The van der Waals surface area contributed by atoms with Crippen molar-refractivity contribution < 1.29 is 13.5 Å². The van der Waals surface area contributed by atoms with Crippen LogP contribution < -0.4 is 10.1 Å². The number of rotatable bonds is 4. The van der Waals surface area contributed by atoms with E-state index >= 15 is 0 Å². The van der Waals surface area contributed by atoms with Crippen LogP contribution in [0, 0.1) is 23.0 Å². The number of ether oxygens (including phenoxy) is 1. The highest BCUT2D eigenvalue weighted by Crippen LogP contribution is 2.49. The van der Waals surface area contributed by atoms with Gasteiger partial charge in [0.15, 0.2) is 0 Å². The van der Waals surface area contributed by atoms with E-state index in [1.54, 1.807) is 7.05 Å². The minimum absolute atomic E-state index is 0.0898. The van der Waals surface area contributed by atoms with Crippen LogP contribution in [0.15, 0.2) is 12.1 Å². The van der Waals surface area contributed by atoms with Crippen LogP contribution in [-0.4, -0.2) is 14.2 Å². The molecule has 1 aromatic rings. The lowest BCUT2D eigenvalue weighted by Gasteiger charge is -2.34. The highest BCUT2D eigenvalue weighted by molar-refractivity contribution is 5.33. The Labute approximate surface area is 119 Å². The van der Waals surface area contributed by atoms with Gasteiger partial charge in [0.1, 0.15) is 17.4 Å². The molecule has 0 amide bonds. The van der Waals surface area contributed by atoms with E-state index in [0.29, 0.717) is 0 Å². The minimum atomic E-state index is -0.538. The lowest BCUT2D eigenvalue weighted by molar-refractivity contribution is 0.197. The molecule has 2 atom stereocenters. The van der Waals surface area contributed by atoms with Crippen molar-refractivity contribution in [3.05, 3.63) is 29.3 Å². The molecule has 1 N–H and O–H groups in total. The van der Waals surface area contributed by atoms with E-state index in [2.05, 4.69) is 19.2 Å². The van der Waals surface area contributed by atoms with Crippen LogP contribution in [0.3, 0.4) is 0 Å². The van der Waals surface area contributed by atoms with Crippen molar-refractivity contribution in [3.63, 3.8) is 0 Å². The van der Waals surface area contributed by atoms with Gasteiger partial charge in [-0.3, -0.25) is 0 Å².